The molecular formula is C7H8N2O3. The molecule has 0 fully saturated rings. The van der Waals surface area contributed by atoms with Crippen LogP contribution in [-0.4, -0.2) is 20.9 Å². The molecule has 1 heterocycles. The molecule has 0 aliphatic heterocycles. The highest BCUT2D eigenvalue weighted by Gasteiger charge is 2.09. The molecule has 0 aliphatic carbocycles. The van der Waals surface area contributed by atoms with Crippen molar-refractivity contribution in [3.8, 4) is 0 Å². The predicted molar refractivity (Wildman–Crippen MR) is 41.2 cm³/mol. The summed E-state index contributed by atoms with van der Waals surface area (Å²) in [5.74, 6) is -1.13. The Balaban J connectivity index is 3.43. The Kier molecular flexibility index (Phi) is 1.95. The van der Waals surface area contributed by atoms with E-state index >= 15 is 0 Å². The van der Waals surface area contributed by atoms with Gasteiger partial charge in [0.05, 0.1) is 11.3 Å². The summed E-state index contributed by atoms with van der Waals surface area (Å²) in [7, 11) is 1.47. The van der Waals surface area contributed by atoms with Gasteiger partial charge >= 0.3 is 5.97 Å². The highest BCUT2D eigenvalue weighted by Crippen LogP contribution is 1.98. The van der Waals surface area contributed by atoms with Gasteiger partial charge < -0.3 is 5.11 Å². The van der Waals surface area contributed by atoms with Crippen LogP contribution in [-0.2, 0) is 7.05 Å². The molecule has 0 unspecified atom stereocenters. The zero-order chi connectivity index (χ0) is 9.30. The summed E-state index contributed by atoms with van der Waals surface area (Å²) in [4.78, 5) is 21.4. The molecule has 0 spiro atoms. The van der Waals surface area contributed by atoms with Crippen molar-refractivity contribution in [3.05, 3.63) is 27.7 Å². The van der Waals surface area contributed by atoms with E-state index in [2.05, 4.69) is 5.10 Å². The van der Waals surface area contributed by atoms with Crippen LogP contribution in [0, 0.1) is 6.92 Å². The zero-order valence-corrected chi connectivity index (χ0v) is 6.74. The van der Waals surface area contributed by atoms with E-state index in [9.17, 15) is 9.59 Å². The van der Waals surface area contributed by atoms with Gasteiger partial charge in [0.1, 0.15) is 0 Å². The van der Waals surface area contributed by atoms with Gasteiger partial charge in [-0.3, -0.25) is 4.79 Å². The highest BCUT2D eigenvalue weighted by molar-refractivity contribution is 5.88. The fraction of sp³-hybridized carbons (Fsp3) is 0.286. The molecule has 0 saturated carbocycles. The molecule has 5 heteroatoms. The van der Waals surface area contributed by atoms with Crippen molar-refractivity contribution in [1.29, 1.82) is 0 Å². The van der Waals surface area contributed by atoms with Crippen molar-refractivity contribution in [2.75, 3.05) is 0 Å². The second kappa shape index (κ2) is 2.77. The van der Waals surface area contributed by atoms with Gasteiger partial charge in [-0.15, -0.1) is 0 Å². The number of hydrogen-bond acceptors (Lipinski definition) is 3. The van der Waals surface area contributed by atoms with Crippen LogP contribution in [0.25, 0.3) is 0 Å². The summed E-state index contributed by atoms with van der Waals surface area (Å²) in [6.07, 6.45) is 0. The van der Waals surface area contributed by atoms with Crippen LogP contribution < -0.4 is 5.56 Å². The summed E-state index contributed by atoms with van der Waals surface area (Å²) >= 11 is 0. The van der Waals surface area contributed by atoms with E-state index in [-0.39, 0.29) is 5.56 Å². The first-order valence-electron chi connectivity index (χ1n) is 3.30. The van der Waals surface area contributed by atoms with Crippen LogP contribution >= 0.6 is 0 Å². The molecule has 1 aromatic rings. The molecule has 0 bridgehead atoms. The molecule has 0 saturated heterocycles. The molecule has 0 atom stereocenters. The molecule has 64 valence electrons. The fourth-order valence-electron chi connectivity index (χ4n) is 0.866. The number of rotatable bonds is 1. The number of nitrogens with zero attached hydrogens (tertiary/aromatic N) is 2. The van der Waals surface area contributed by atoms with Gasteiger partial charge in [0.25, 0.3) is 5.56 Å². The van der Waals surface area contributed by atoms with Gasteiger partial charge in [0, 0.05) is 13.1 Å². The average Bonchev–Trinajstić information content (AvgIpc) is 1.96. The third-order valence-electron chi connectivity index (χ3n) is 1.51. The maximum absolute atomic E-state index is 10.9. The number of aryl methyl sites for hydroxylation is 2. The van der Waals surface area contributed by atoms with Crippen LogP contribution in [0.4, 0.5) is 0 Å². The lowest BCUT2D eigenvalue weighted by molar-refractivity contribution is 0.0695. The van der Waals surface area contributed by atoms with Gasteiger partial charge in [-0.05, 0) is 6.92 Å². The SMILES string of the molecule is Cc1nn(C)c(=O)cc1C(=O)O. The second-order valence-electron chi connectivity index (χ2n) is 2.41. The van der Waals surface area contributed by atoms with Crippen molar-refractivity contribution >= 4 is 5.97 Å². The van der Waals surface area contributed by atoms with E-state index in [4.69, 9.17) is 5.11 Å². The molecule has 0 aromatic carbocycles. The number of aromatic carboxylic acids is 1. The molecule has 12 heavy (non-hydrogen) atoms. The lowest BCUT2D eigenvalue weighted by Gasteiger charge is -2.00. The van der Waals surface area contributed by atoms with Crippen molar-refractivity contribution < 1.29 is 9.90 Å². The van der Waals surface area contributed by atoms with Crippen molar-refractivity contribution in [3.63, 3.8) is 0 Å². The first kappa shape index (κ1) is 8.45. The molecular weight excluding hydrogens is 160 g/mol. The molecule has 5 nitrogen and oxygen atoms in total. The Morgan fingerprint density at radius 3 is 2.75 bits per heavy atom. The van der Waals surface area contributed by atoms with Gasteiger partial charge in [0.15, 0.2) is 0 Å². The van der Waals surface area contributed by atoms with Gasteiger partial charge in [-0.1, -0.05) is 0 Å². The topological polar surface area (TPSA) is 72.2 Å². The van der Waals surface area contributed by atoms with E-state index in [1.165, 1.54) is 7.05 Å². The van der Waals surface area contributed by atoms with E-state index < -0.39 is 11.5 Å². The Hall–Kier alpha value is -1.65. The summed E-state index contributed by atoms with van der Waals surface area (Å²) in [5, 5.41) is 12.3. The van der Waals surface area contributed by atoms with Crippen LogP contribution in [0.15, 0.2) is 10.9 Å². The quantitative estimate of drug-likeness (QED) is 0.629. The molecule has 1 aromatic heterocycles. The van der Waals surface area contributed by atoms with Crippen LogP contribution in [0.3, 0.4) is 0 Å². The van der Waals surface area contributed by atoms with E-state index in [1.54, 1.807) is 6.92 Å². The van der Waals surface area contributed by atoms with Crippen molar-refractivity contribution in [2.45, 2.75) is 6.92 Å². The summed E-state index contributed by atoms with van der Waals surface area (Å²) in [6.45, 7) is 1.54. The maximum atomic E-state index is 10.9. The third kappa shape index (κ3) is 1.34. The highest BCUT2D eigenvalue weighted by atomic mass is 16.4. The first-order valence-corrected chi connectivity index (χ1v) is 3.30. The van der Waals surface area contributed by atoms with Crippen LogP contribution in [0.2, 0.25) is 0 Å². The molecule has 1 N–H and O–H groups in total. The molecule has 1 rings (SSSR count). The monoisotopic (exact) mass is 168 g/mol. The number of carbonyl (C=O) groups is 1. The van der Waals surface area contributed by atoms with Crippen LogP contribution in [0.1, 0.15) is 16.1 Å². The number of carboxylic acids is 1. The second-order valence-corrected chi connectivity index (χ2v) is 2.41. The smallest absolute Gasteiger partial charge is 0.337 e. The third-order valence-corrected chi connectivity index (χ3v) is 1.51. The standard InChI is InChI=1S/C7H8N2O3/c1-4-5(7(11)12)3-6(10)9(2)8-4/h3H,1-2H3,(H,11,12). The molecule has 0 amide bonds. The Bertz CT molecular complexity index is 381. The van der Waals surface area contributed by atoms with Crippen molar-refractivity contribution in [2.24, 2.45) is 7.05 Å². The Morgan fingerprint density at radius 1 is 1.67 bits per heavy atom. The summed E-state index contributed by atoms with van der Waals surface area (Å²) < 4.78 is 1.10. The van der Waals surface area contributed by atoms with E-state index in [1.807, 2.05) is 0 Å². The van der Waals surface area contributed by atoms with Crippen LogP contribution in [0.5, 0.6) is 0 Å². The first-order chi connectivity index (χ1) is 5.52. The average molecular weight is 168 g/mol. The minimum absolute atomic E-state index is 0.0434. The van der Waals surface area contributed by atoms with Gasteiger partial charge in [-0.2, -0.15) is 5.10 Å². The molecule has 0 radical (unpaired) electrons. The van der Waals surface area contributed by atoms with E-state index in [0.29, 0.717) is 5.69 Å². The number of carboxylic acid groups (broad SMARTS) is 1. The number of aromatic nitrogens is 2. The normalized spacial score (nSPS) is 9.83. The maximum Gasteiger partial charge on any atom is 0.337 e. The fourth-order valence-corrected chi connectivity index (χ4v) is 0.866. The van der Waals surface area contributed by atoms with Crippen molar-refractivity contribution in [1.82, 2.24) is 9.78 Å². The number of hydrogen-bond donors (Lipinski definition) is 1. The van der Waals surface area contributed by atoms with E-state index in [0.717, 1.165) is 10.7 Å². The van der Waals surface area contributed by atoms with Gasteiger partial charge in [0.2, 0.25) is 0 Å². The Labute approximate surface area is 68.3 Å². The largest absolute Gasteiger partial charge is 0.478 e. The predicted octanol–water partition coefficient (Wildman–Crippen LogP) is -0.213. The minimum Gasteiger partial charge on any atom is -0.478 e. The minimum atomic E-state index is -1.13. The zero-order valence-electron chi connectivity index (χ0n) is 6.74. The lowest BCUT2D eigenvalue weighted by Crippen LogP contribution is -2.22. The summed E-state index contributed by atoms with van der Waals surface area (Å²) in [6, 6.07) is 1.06. The van der Waals surface area contributed by atoms with Gasteiger partial charge in [-0.25, -0.2) is 9.48 Å². The Morgan fingerprint density at radius 2 is 2.25 bits per heavy atom. The summed E-state index contributed by atoms with van der Waals surface area (Å²) in [5.41, 5.74) is -0.124. The lowest BCUT2D eigenvalue weighted by atomic mass is 10.2. The molecule has 0 aliphatic rings.